The molecule has 0 radical (unpaired) electrons. The SMILES string of the molecule is O=C(NCCC1CCCNC1)c1cc(Br)ccc1O. The van der Waals surface area contributed by atoms with Crippen molar-refractivity contribution in [2.45, 2.75) is 19.3 Å². The fourth-order valence-electron chi connectivity index (χ4n) is 2.35. The van der Waals surface area contributed by atoms with Crippen LogP contribution in [0.2, 0.25) is 0 Å². The number of piperidine rings is 1. The van der Waals surface area contributed by atoms with E-state index in [1.54, 1.807) is 12.1 Å². The summed E-state index contributed by atoms with van der Waals surface area (Å²) in [5, 5.41) is 15.9. The molecule has 1 unspecified atom stereocenters. The summed E-state index contributed by atoms with van der Waals surface area (Å²) >= 11 is 3.30. The van der Waals surface area contributed by atoms with E-state index in [-0.39, 0.29) is 11.7 Å². The Morgan fingerprint density at radius 3 is 3.11 bits per heavy atom. The molecule has 19 heavy (non-hydrogen) atoms. The third-order valence-electron chi connectivity index (χ3n) is 3.44. The molecule has 1 heterocycles. The lowest BCUT2D eigenvalue weighted by molar-refractivity contribution is 0.0948. The molecular formula is C14H19BrN2O2. The van der Waals surface area contributed by atoms with Crippen molar-refractivity contribution in [3.63, 3.8) is 0 Å². The molecule has 1 aromatic rings. The monoisotopic (exact) mass is 326 g/mol. The first kappa shape index (κ1) is 14.3. The Morgan fingerprint density at radius 1 is 1.53 bits per heavy atom. The third-order valence-corrected chi connectivity index (χ3v) is 3.93. The van der Waals surface area contributed by atoms with Gasteiger partial charge in [0.2, 0.25) is 0 Å². The molecular weight excluding hydrogens is 308 g/mol. The molecule has 1 amide bonds. The van der Waals surface area contributed by atoms with Crippen molar-refractivity contribution in [2.24, 2.45) is 5.92 Å². The second-order valence-corrected chi connectivity index (χ2v) is 5.83. The number of rotatable bonds is 4. The van der Waals surface area contributed by atoms with Gasteiger partial charge in [-0.25, -0.2) is 0 Å². The van der Waals surface area contributed by atoms with Crippen molar-refractivity contribution in [3.8, 4) is 5.75 Å². The number of carbonyl (C=O) groups is 1. The highest BCUT2D eigenvalue weighted by Crippen LogP contribution is 2.21. The Bertz CT molecular complexity index is 445. The molecule has 1 aliphatic heterocycles. The summed E-state index contributed by atoms with van der Waals surface area (Å²) in [5.74, 6) is 0.438. The van der Waals surface area contributed by atoms with Gasteiger partial charge in [-0.05, 0) is 56.5 Å². The first-order valence-electron chi connectivity index (χ1n) is 6.64. The van der Waals surface area contributed by atoms with E-state index >= 15 is 0 Å². The van der Waals surface area contributed by atoms with Crippen molar-refractivity contribution in [2.75, 3.05) is 19.6 Å². The van der Waals surface area contributed by atoms with Gasteiger partial charge in [0, 0.05) is 11.0 Å². The molecule has 1 aromatic carbocycles. The minimum Gasteiger partial charge on any atom is -0.507 e. The molecule has 1 saturated heterocycles. The fourth-order valence-corrected chi connectivity index (χ4v) is 2.71. The van der Waals surface area contributed by atoms with Gasteiger partial charge in [-0.2, -0.15) is 0 Å². The van der Waals surface area contributed by atoms with Gasteiger partial charge in [-0.15, -0.1) is 0 Å². The van der Waals surface area contributed by atoms with Crippen molar-refractivity contribution in [1.29, 1.82) is 0 Å². The van der Waals surface area contributed by atoms with Crippen LogP contribution in [0.5, 0.6) is 5.75 Å². The summed E-state index contributed by atoms with van der Waals surface area (Å²) in [5.41, 5.74) is 0.316. The number of aromatic hydroxyl groups is 1. The molecule has 1 atom stereocenters. The van der Waals surface area contributed by atoms with Gasteiger partial charge >= 0.3 is 0 Å². The Labute approximate surface area is 121 Å². The molecule has 1 fully saturated rings. The van der Waals surface area contributed by atoms with Crippen LogP contribution < -0.4 is 10.6 Å². The second kappa shape index (κ2) is 6.91. The van der Waals surface area contributed by atoms with Gasteiger partial charge in [0.25, 0.3) is 5.91 Å². The Balaban J connectivity index is 1.82. The summed E-state index contributed by atoms with van der Waals surface area (Å²) in [6.45, 7) is 2.80. The molecule has 3 N–H and O–H groups in total. The number of carbonyl (C=O) groups excluding carboxylic acids is 1. The van der Waals surface area contributed by atoms with E-state index in [0.717, 1.165) is 24.0 Å². The van der Waals surface area contributed by atoms with Gasteiger partial charge in [-0.1, -0.05) is 15.9 Å². The lowest BCUT2D eigenvalue weighted by atomic mass is 9.96. The maximum absolute atomic E-state index is 12.0. The van der Waals surface area contributed by atoms with Gasteiger partial charge in [-0.3, -0.25) is 4.79 Å². The third kappa shape index (κ3) is 4.21. The maximum atomic E-state index is 12.0. The highest BCUT2D eigenvalue weighted by molar-refractivity contribution is 9.10. The molecule has 0 bridgehead atoms. The zero-order valence-electron chi connectivity index (χ0n) is 10.8. The van der Waals surface area contributed by atoms with Crippen LogP contribution >= 0.6 is 15.9 Å². The second-order valence-electron chi connectivity index (χ2n) is 4.92. The molecule has 0 aromatic heterocycles. The van der Waals surface area contributed by atoms with Crippen LogP contribution in [0, 0.1) is 5.92 Å². The molecule has 0 aliphatic carbocycles. The summed E-state index contributed by atoms with van der Waals surface area (Å²) in [4.78, 5) is 12.0. The molecule has 5 heteroatoms. The van der Waals surface area contributed by atoms with Crippen LogP contribution in [0.1, 0.15) is 29.6 Å². The molecule has 4 nitrogen and oxygen atoms in total. The molecule has 1 aliphatic rings. The summed E-state index contributed by atoms with van der Waals surface area (Å²) in [6, 6.07) is 4.86. The number of phenols is 1. The van der Waals surface area contributed by atoms with E-state index in [9.17, 15) is 9.90 Å². The number of amides is 1. The smallest absolute Gasteiger partial charge is 0.255 e. The number of benzene rings is 1. The van der Waals surface area contributed by atoms with Crippen molar-refractivity contribution < 1.29 is 9.90 Å². The quantitative estimate of drug-likeness (QED) is 0.795. The van der Waals surface area contributed by atoms with Crippen LogP contribution in [-0.2, 0) is 0 Å². The van der Waals surface area contributed by atoms with E-state index in [4.69, 9.17) is 0 Å². The van der Waals surface area contributed by atoms with E-state index < -0.39 is 0 Å². The van der Waals surface area contributed by atoms with Gasteiger partial charge in [0.15, 0.2) is 0 Å². The van der Waals surface area contributed by atoms with Crippen molar-refractivity contribution >= 4 is 21.8 Å². The fraction of sp³-hybridized carbons (Fsp3) is 0.500. The van der Waals surface area contributed by atoms with Gasteiger partial charge in [0.05, 0.1) is 5.56 Å². The van der Waals surface area contributed by atoms with Crippen LogP contribution in [0.25, 0.3) is 0 Å². The number of halogens is 1. The lowest BCUT2D eigenvalue weighted by Crippen LogP contribution is -2.33. The highest BCUT2D eigenvalue weighted by Gasteiger charge is 2.14. The number of nitrogens with one attached hydrogen (secondary N) is 2. The highest BCUT2D eigenvalue weighted by atomic mass is 79.9. The Morgan fingerprint density at radius 2 is 2.37 bits per heavy atom. The van der Waals surface area contributed by atoms with Crippen molar-refractivity contribution in [1.82, 2.24) is 10.6 Å². The van der Waals surface area contributed by atoms with Crippen LogP contribution in [0.15, 0.2) is 22.7 Å². The molecule has 104 valence electrons. The Kier molecular flexibility index (Phi) is 5.22. The predicted molar refractivity (Wildman–Crippen MR) is 78.4 cm³/mol. The first-order valence-corrected chi connectivity index (χ1v) is 7.43. The van der Waals surface area contributed by atoms with E-state index in [1.807, 2.05) is 0 Å². The largest absolute Gasteiger partial charge is 0.507 e. The van der Waals surface area contributed by atoms with Crippen molar-refractivity contribution in [3.05, 3.63) is 28.2 Å². The maximum Gasteiger partial charge on any atom is 0.255 e. The standard InChI is InChI=1S/C14H19BrN2O2/c15-11-3-4-13(18)12(8-11)14(19)17-7-5-10-2-1-6-16-9-10/h3-4,8,10,16,18H,1-2,5-7,9H2,(H,17,19). The zero-order chi connectivity index (χ0) is 13.7. The topological polar surface area (TPSA) is 61.4 Å². The average Bonchev–Trinajstić information content (AvgIpc) is 2.42. The molecule has 2 rings (SSSR count). The summed E-state index contributed by atoms with van der Waals surface area (Å²) in [7, 11) is 0. The predicted octanol–water partition coefficient (Wildman–Crippen LogP) is 2.27. The number of hydrogen-bond donors (Lipinski definition) is 3. The summed E-state index contributed by atoms with van der Waals surface area (Å²) in [6.07, 6.45) is 3.42. The molecule has 0 saturated carbocycles. The van der Waals surface area contributed by atoms with Gasteiger partial charge < -0.3 is 15.7 Å². The zero-order valence-corrected chi connectivity index (χ0v) is 12.4. The van der Waals surface area contributed by atoms with E-state index in [2.05, 4.69) is 26.6 Å². The van der Waals surface area contributed by atoms with Crippen LogP contribution in [0.4, 0.5) is 0 Å². The lowest BCUT2D eigenvalue weighted by Gasteiger charge is -2.22. The minimum absolute atomic E-state index is 0.0139. The number of phenolic OH excluding ortho intramolecular Hbond substituents is 1. The normalized spacial score (nSPS) is 19.1. The van der Waals surface area contributed by atoms with E-state index in [1.165, 1.54) is 18.9 Å². The summed E-state index contributed by atoms with van der Waals surface area (Å²) < 4.78 is 0.784. The van der Waals surface area contributed by atoms with E-state index in [0.29, 0.717) is 18.0 Å². The van der Waals surface area contributed by atoms with Crippen LogP contribution in [-0.4, -0.2) is 30.6 Å². The average molecular weight is 327 g/mol. The van der Waals surface area contributed by atoms with Crippen LogP contribution in [0.3, 0.4) is 0 Å². The minimum atomic E-state index is -0.220. The molecule has 0 spiro atoms. The first-order chi connectivity index (χ1) is 9.16. The van der Waals surface area contributed by atoms with Gasteiger partial charge in [0.1, 0.15) is 5.75 Å². The Hall–Kier alpha value is -1.07. The number of hydrogen-bond acceptors (Lipinski definition) is 3.